The van der Waals surface area contributed by atoms with Gasteiger partial charge in [-0.15, -0.1) is 0 Å². The fourth-order valence-electron chi connectivity index (χ4n) is 2.67. The molecule has 0 amide bonds. The Morgan fingerprint density at radius 1 is 1.05 bits per heavy atom. The molecule has 1 unspecified atom stereocenters. The Hall–Kier alpha value is -2.09. The smallest absolute Gasteiger partial charge is 0.314 e. The lowest BCUT2D eigenvalue weighted by molar-refractivity contribution is -0.144. The van der Waals surface area contributed by atoms with Gasteiger partial charge in [0.2, 0.25) is 0 Å². The summed E-state index contributed by atoms with van der Waals surface area (Å²) in [6, 6.07) is 17.5. The van der Waals surface area contributed by atoms with Gasteiger partial charge in [-0.25, -0.2) is 0 Å². The third kappa shape index (κ3) is 2.60. The van der Waals surface area contributed by atoms with Crippen LogP contribution in [0.15, 0.2) is 54.6 Å². The first-order valence-corrected chi connectivity index (χ1v) is 6.93. The third-order valence-corrected chi connectivity index (χ3v) is 4.09. The number of aryl methyl sites for hydroxylation is 1. The molecule has 0 aliphatic carbocycles. The van der Waals surface area contributed by atoms with E-state index in [1.807, 2.05) is 68.4 Å². The van der Waals surface area contributed by atoms with E-state index < -0.39 is 11.4 Å². The van der Waals surface area contributed by atoms with E-state index in [1.54, 1.807) is 0 Å². The highest BCUT2D eigenvalue weighted by Gasteiger charge is 2.38. The number of benzene rings is 2. The molecule has 104 valence electrons. The van der Waals surface area contributed by atoms with Crippen LogP contribution in [0.25, 0.3) is 0 Å². The fourth-order valence-corrected chi connectivity index (χ4v) is 2.67. The lowest BCUT2D eigenvalue weighted by Gasteiger charge is -2.29. The van der Waals surface area contributed by atoms with E-state index in [9.17, 15) is 9.90 Å². The molecular formula is C18H20O2. The van der Waals surface area contributed by atoms with E-state index in [1.165, 1.54) is 0 Å². The molecule has 2 rings (SSSR count). The van der Waals surface area contributed by atoms with Crippen molar-refractivity contribution in [3.8, 4) is 0 Å². The predicted octanol–water partition coefficient (Wildman–Crippen LogP) is 3.97. The SMILES string of the molecule is CCC(Cc1ccccc1C)(C(=O)O)c1ccccc1. The molecule has 2 heteroatoms. The zero-order valence-corrected chi connectivity index (χ0v) is 12.0. The molecule has 1 atom stereocenters. The number of hydrogen-bond acceptors (Lipinski definition) is 1. The van der Waals surface area contributed by atoms with Crippen LogP contribution in [0, 0.1) is 6.92 Å². The van der Waals surface area contributed by atoms with Gasteiger partial charge in [0.1, 0.15) is 0 Å². The fraction of sp³-hybridized carbons (Fsp3) is 0.278. The van der Waals surface area contributed by atoms with Gasteiger partial charge in [0.15, 0.2) is 0 Å². The summed E-state index contributed by atoms with van der Waals surface area (Å²) in [4.78, 5) is 12.0. The molecule has 0 bridgehead atoms. The molecule has 0 aromatic heterocycles. The Kier molecular flexibility index (Phi) is 4.23. The highest BCUT2D eigenvalue weighted by atomic mass is 16.4. The highest BCUT2D eigenvalue weighted by molar-refractivity contribution is 5.82. The van der Waals surface area contributed by atoms with Crippen LogP contribution < -0.4 is 0 Å². The summed E-state index contributed by atoms with van der Waals surface area (Å²) in [5.74, 6) is -0.755. The van der Waals surface area contributed by atoms with Crippen molar-refractivity contribution in [2.75, 3.05) is 0 Å². The number of carboxylic acids is 1. The molecule has 0 spiro atoms. The quantitative estimate of drug-likeness (QED) is 0.891. The second-order valence-electron chi connectivity index (χ2n) is 5.21. The van der Waals surface area contributed by atoms with E-state index in [0.717, 1.165) is 16.7 Å². The zero-order valence-electron chi connectivity index (χ0n) is 12.0. The zero-order chi connectivity index (χ0) is 14.6. The van der Waals surface area contributed by atoms with Crippen LogP contribution in [0.1, 0.15) is 30.0 Å². The van der Waals surface area contributed by atoms with Crippen LogP contribution in [0.5, 0.6) is 0 Å². The molecular weight excluding hydrogens is 248 g/mol. The molecule has 0 saturated heterocycles. The van der Waals surface area contributed by atoms with Gasteiger partial charge >= 0.3 is 5.97 Å². The van der Waals surface area contributed by atoms with E-state index in [-0.39, 0.29) is 0 Å². The van der Waals surface area contributed by atoms with E-state index in [4.69, 9.17) is 0 Å². The Labute approximate surface area is 120 Å². The monoisotopic (exact) mass is 268 g/mol. The van der Waals surface area contributed by atoms with Crippen molar-refractivity contribution >= 4 is 5.97 Å². The summed E-state index contributed by atoms with van der Waals surface area (Å²) in [6.45, 7) is 3.97. The van der Waals surface area contributed by atoms with Crippen molar-refractivity contribution in [1.29, 1.82) is 0 Å². The topological polar surface area (TPSA) is 37.3 Å². The Morgan fingerprint density at radius 2 is 1.65 bits per heavy atom. The number of aliphatic carboxylic acids is 1. The minimum Gasteiger partial charge on any atom is -0.481 e. The van der Waals surface area contributed by atoms with Gasteiger partial charge < -0.3 is 5.11 Å². The first-order valence-electron chi connectivity index (χ1n) is 6.93. The van der Waals surface area contributed by atoms with E-state index in [2.05, 4.69) is 0 Å². The molecule has 0 saturated carbocycles. The van der Waals surface area contributed by atoms with Crippen LogP contribution in [-0.2, 0) is 16.6 Å². The van der Waals surface area contributed by atoms with Gasteiger partial charge in [-0.2, -0.15) is 0 Å². The van der Waals surface area contributed by atoms with Crippen molar-refractivity contribution in [2.24, 2.45) is 0 Å². The minimum absolute atomic E-state index is 0.523. The molecule has 0 fully saturated rings. The maximum atomic E-state index is 12.0. The average molecular weight is 268 g/mol. The van der Waals surface area contributed by atoms with Crippen LogP contribution >= 0.6 is 0 Å². The third-order valence-electron chi connectivity index (χ3n) is 4.09. The highest BCUT2D eigenvalue weighted by Crippen LogP contribution is 2.33. The van der Waals surface area contributed by atoms with Gasteiger partial charge in [0, 0.05) is 0 Å². The molecule has 2 nitrogen and oxygen atoms in total. The molecule has 2 aromatic rings. The molecule has 20 heavy (non-hydrogen) atoms. The van der Waals surface area contributed by atoms with Gasteiger partial charge in [-0.1, -0.05) is 61.5 Å². The Bertz CT molecular complexity index is 589. The summed E-state index contributed by atoms with van der Waals surface area (Å²) < 4.78 is 0. The Morgan fingerprint density at radius 3 is 2.20 bits per heavy atom. The van der Waals surface area contributed by atoms with Gasteiger partial charge in [-0.05, 0) is 36.5 Å². The molecule has 2 aromatic carbocycles. The maximum Gasteiger partial charge on any atom is 0.314 e. The minimum atomic E-state index is -0.854. The van der Waals surface area contributed by atoms with Crippen molar-refractivity contribution in [3.63, 3.8) is 0 Å². The number of carbonyl (C=O) groups is 1. The van der Waals surface area contributed by atoms with Crippen molar-refractivity contribution in [3.05, 3.63) is 71.3 Å². The molecule has 1 N–H and O–H groups in total. The second-order valence-corrected chi connectivity index (χ2v) is 5.21. The number of hydrogen-bond donors (Lipinski definition) is 1. The van der Waals surface area contributed by atoms with Crippen molar-refractivity contribution in [1.82, 2.24) is 0 Å². The molecule has 0 aliphatic rings. The van der Waals surface area contributed by atoms with E-state index in [0.29, 0.717) is 12.8 Å². The largest absolute Gasteiger partial charge is 0.481 e. The van der Waals surface area contributed by atoms with Gasteiger partial charge in [0.05, 0.1) is 5.41 Å². The summed E-state index contributed by atoms with van der Waals surface area (Å²) in [5.41, 5.74) is 2.26. The summed E-state index contributed by atoms with van der Waals surface area (Å²) in [6.07, 6.45) is 1.09. The summed E-state index contributed by atoms with van der Waals surface area (Å²) in [7, 11) is 0. The first kappa shape index (κ1) is 14.3. The molecule has 0 heterocycles. The van der Waals surface area contributed by atoms with Crippen LogP contribution in [0.2, 0.25) is 0 Å². The van der Waals surface area contributed by atoms with E-state index >= 15 is 0 Å². The average Bonchev–Trinajstić information content (AvgIpc) is 2.47. The number of rotatable bonds is 5. The number of carboxylic acid groups (broad SMARTS) is 1. The summed E-state index contributed by atoms with van der Waals surface area (Å²) >= 11 is 0. The normalized spacial score (nSPS) is 13.7. The molecule has 0 aliphatic heterocycles. The van der Waals surface area contributed by atoms with Crippen molar-refractivity contribution in [2.45, 2.75) is 32.1 Å². The lowest BCUT2D eigenvalue weighted by Crippen LogP contribution is -2.37. The van der Waals surface area contributed by atoms with Crippen LogP contribution in [-0.4, -0.2) is 11.1 Å². The predicted molar refractivity (Wildman–Crippen MR) is 80.9 cm³/mol. The van der Waals surface area contributed by atoms with Crippen molar-refractivity contribution < 1.29 is 9.90 Å². The lowest BCUT2D eigenvalue weighted by atomic mass is 9.73. The molecule has 0 radical (unpaired) electrons. The summed E-state index contributed by atoms with van der Waals surface area (Å²) in [5, 5.41) is 9.83. The van der Waals surface area contributed by atoms with Crippen LogP contribution in [0.3, 0.4) is 0 Å². The van der Waals surface area contributed by atoms with Gasteiger partial charge in [0.25, 0.3) is 0 Å². The Balaban J connectivity index is 2.49. The van der Waals surface area contributed by atoms with Gasteiger partial charge in [-0.3, -0.25) is 4.79 Å². The standard InChI is InChI=1S/C18H20O2/c1-3-18(17(19)20,16-11-5-4-6-12-16)13-15-10-8-7-9-14(15)2/h4-12H,3,13H2,1-2H3,(H,19,20). The second kappa shape index (κ2) is 5.91. The first-order chi connectivity index (χ1) is 9.60. The maximum absolute atomic E-state index is 12.0. The van der Waals surface area contributed by atoms with Crippen LogP contribution in [0.4, 0.5) is 0 Å².